The summed E-state index contributed by atoms with van der Waals surface area (Å²) in [5.74, 6) is 0.449. The zero-order valence-electron chi connectivity index (χ0n) is 20.3. The van der Waals surface area contributed by atoms with Crippen LogP contribution in [0.1, 0.15) is 11.4 Å². The van der Waals surface area contributed by atoms with Gasteiger partial charge in [-0.2, -0.15) is 0 Å². The number of aromatic hydroxyl groups is 2. The van der Waals surface area contributed by atoms with Crippen LogP contribution < -0.4 is 9.80 Å². The van der Waals surface area contributed by atoms with E-state index in [0.29, 0.717) is 5.69 Å². The van der Waals surface area contributed by atoms with E-state index in [0.717, 1.165) is 39.7 Å². The summed E-state index contributed by atoms with van der Waals surface area (Å²) in [4.78, 5) is 8.71. The van der Waals surface area contributed by atoms with Crippen LogP contribution in [0.5, 0.6) is 11.5 Å². The Balaban J connectivity index is 1.33. The fourth-order valence-electron chi connectivity index (χ4n) is 4.29. The molecule has 0 radical (unpaired) electrons. The number of anilines is 2. The lowest BCUT2D eigenvalue weighted by Crippen LogP contribution is -2.15. The maximum Gasteiger partial charge on any atom is 0.115 e. The van der Waals surface area contributed by atoms with Gasteiger partial charge in [-0.25, -0.2) is 0 Å². The van der Waals surface area contributed by atoms with Gasteiger partial charge < -0.3 is 20.0 Å². The molecule has 2 aromatic rings. The Hall–Kier alpha value is -5.43. The Morgan fingerprint density at radius 2 is 1.18 bits per heavy atom. The largest absolute Gasteiger partial charge is 0.508 e. The molecule has 0 fully saturated rings. The normalized spacial score (nSPS) is 16.7. The quantitative estimate of drug-likeness (QED) is 0.345. The predicted molar refractivity (Wildman–Crippen MR) is 150 cm³/mol. The molecule has 7 heteroatoms. The Morgan fingerprint density at radius 1 is 0.605 bits per heavy atom. The van der Waals surface area contributed by atoms with E-state index in [9.17, 15) is 10.2 Å². The fraction of sp³-hybridized carbons (Fsp3) is 0. The number of hydrogen-bond donors (Lipinski definition) is 2. The van der Waals surface area contributed by atoms with Gasteiger partial charge in [-0.1, -0.05) is 12.2 Å². The molecule has 0 unspecified atom stereocenters. The predicted octanol–water partition coefficient (Wildman–Crippen LogP) is 6.25. The Labute approximate surface area is 220 Å². The van der Waals surface area contributed by atoms with Gasteiger partial charge in [-0.3, -0.25) is 4.98 Å². The van der Waals surface area contributed by atoms with Gasteiger partial charge >= 0.3 is 0 Å². The third kappa shape index (κ3) is 4.68. The summed E-state index contributed by atoms with van der Waals surface area (Å²) in [6, 6.07) is 18.1. The average Bonchev–Trinajstić information content (AvgIpc) is 3.21. The molecule has 0 aromatic heterocycles. The minimum absolute atomic E-state index is 0.223. The highest BCUT2D eigenvalue weighted by atomic mass is 16.3. The van der Waals surface area contributed by atoms with Gasteiger partial charge in [0.2, 0.25) is 0 Å². The first-order chi connectivity index (χ1) is 18.6. The minimum Gasteiger partial charge on any atom is -0.508 e. The van der Waals surface area contributed by atoms with Crippen LogP contribution in [0.15, 0.2) is 127 Å². The van der Waals surface area contributed by atoms with E-state index in [1.807, 2.05) is 107 Å². The van der Waals surface area contributed by atoms with Crippen molar-refractivity contribution >= 4 is 23.5 Å². The molecule has 0 atom stereocenters. The van der Waals surface area contributed by atoms with Crippen LogP contribution in [0.4, 0.5) is 11.4 Å². The molecular formula is C31H23N5O2. The molecular weight excluding hydrogens is 474 g/mol. The molecule has 7 nitrogen and oxygen atoms in total. The Bertz CT molecular complexity index is 1630. The summed E-state index contributed by atoms with van der Waals surface area (Å²) in [6.45, 7) is 0. The first-order valence-electron chi connectivity index (χ1n) is 12.1. The molecule has 184 valence electrons. The van der Waals surface area contributed by atoms with E-state index in [4.69, 9.17) is 0 Å². The second kappa shape index (κ2) is 9.91. The van der Waals surface area contributed by atoms with Crippen LogP contribution in [-0.2, 0) is 0 Å². The van der Waals surface area contributed by atoms with Crippen molar-refractivity contribution in [3.8, 4) is 22.8 Å². The summed E-state index contributed by atoms with van der Waals surface area (Å²) < 4.78 is 0. The van der Waals surface area contributed by atoms with Gasteiger partial charge in [-0.05, 0) is 97.1 Å². The van der Waals surface area contributed by atoms with Gasteiger partial charge in [0.15, 0.2) is 0 Å². The van der Waals surface area contributed by atoms with Gasteiger partial charge in [0.1, 0.15) is 17.2 Å². The molecule has 4 aliphatic rings. The molecule has 0 saturated heterocycles. The summed E-state index contributed by atoms with van der Waals surface area (Å²) in [7, 11) is 0. The molecule has 2 N–H and O–H groups in total. The lowest BCUT2D eigenvalue weighted by Gasteiger charge is -2.23. The molecule has 0 saturated carbocycles. The molecule has 6 rings (SSSR count). The van der Waals surface area contributed by atoms with Crippen molar-refractivity contribution in [2.75, 3.05) is 9.80 Å². The van der Waals surface area contributed by atoms with Crippen molar-refractivity contribution in [2.24, 2.45) is 0 Å². The van der Waals surface area contributed by atoms with Gasteiger partial charge in [0.25, 0.3) is 0 Å². The highest BCUT2D eigenvalue weighted by Gasteiger charge is 2.16. The van der Waals surface area contributed by atoms with Gasteiger partial charge in [0.05, 0.1) is 17.6 Å². The van der Waals surface area contributed by atoms with Crippen LogP contribution in [0.3, 0.4) is 0 Å². The highest BCUT2D eigenvalue weighted by Crippen LogP contribution is 2.30. The van der Waals surface area contributed by atoms with Crippen molar-refractivity contribution < 1.29 is 10.2 Å². The molecule has 4 aliphatic heterocycles. The third-order valence-electron chi connectivity index (χ3n) is 6.19. The Kier molecular flexibility index (Phi) is 6.00. The average molecular weight is 498 g/mol. The number of rotatable bonds is 4. The fourth-order valence-corrected chi connectivity index (χ4v) is 4.29. The van der Waals surface area contributed by atoms with E-state index in [1.165, 1.54) is 0 Å². The molecule has 0 bridgehead atoms. The number of fused-ring (bicyclic) bond motifs is 1. The maximum absolute atomic E-state index is 9.67. The zero-order valence-corrected chi connectivity index (χ0v) is 20.3. The van der Waals surface area contributed by atoms with Crippen molar-refractivity contribution in [2.45, 2.75) is 0 Å². The molecule has 0 spiro atoms. The van der Waals surface area contributed by atoms with Gasteiger partial charge in [0, 0.05) is 40.7 Å². The molecule has 0 aliphatic carbocycles. The molecule has 4 heterocycles. The van der Waals surface area contributed by atoms with E-state index in [1.54, 1.807) is 30.5 Å². The number of hydrogen-bond acceptors (Lipinski definition) is 7. The van der Waals surface area contributed by atoms with E-state index in [2.05, 4.69) is 15.2 Å². The number of phenolic OH excluding ortho intramolecular Hbond substituents is 2. The second-order valence-electron chi connectivity index (χ2n) is 8.71. The van der Waals surface area contributed by atoms with Crippen molar-refractivity contribution in [1.29, 1.82) is 0 Å². The molecule has 0 amide bonds. The van der Waals surface area contributed by atoms with Crippen LogP contribution in [0.25, 0.3) is 23.4 Å². The molecule has 2 aromatic carbocycles. The summed E-state index contributed by atoms with van der Waals surface area (Å²) >= 11 is 0. The maximum atomic E-state index is 9.67. The number of benzene rings is 2. The smallest absolute Gasteiger partial charge is 0.115 e. The number of phenols is 2. The van der Waals surface area contributed by atoms with Gasteiger partial charge in [-0.15, -0.1) is 10.2 Å². The standard InChI is InChI=1S/C31H23N5O2/c37-27-12-8-23(9-13-27)35-17-3-1-5-25(35)19-22-7-16-29-30(33-34-31(29)21-32-22)20-26-6-2-4-18-36(26)24-10-14-28(38)15-11-24/h1-21,37-38H/b25-19+,26-20+. The number of allylic oxidation sites excluding steroid dienone is 6. The second-order valence-corrected chi connectivity index (χ2v) is 8.71. The minimum atomic E-state index is 0.223. The van der Waals surface area contributed by atoms with Crippen LogP contribution in [0, 0.1) is 0 Å². The summed E-state index contributed by atoms with van der Waals surface area (Å²) in [5, 5.41) is 28.1. The van der Waals surface area contributed by atoms with Crippen LogP contribution >= 0.6 is 0 Å². The SMILES string of the molecule is Oc1ccc(N2C=CC=C/C2=C\c2ccc3c(/C=C4\C=CC=CN4c4ccc(O)cc4)nnc-3cn2)cc1. The summed E-state index contributed by atoms with van der Waals surface area (Å²) in [6.07, 6.45) is 21.5. The Morgan fingerprint density at radius 3 is 1.79 bits per heavy atom. The highest BCUT2D eigenvalue weighted by molar-refractivity contribution is 5.77. The summed E-state index contributed by atoms with van der Waals surface area (Å²) in [5.41, 5.74) is 6.81. The van der Waals surface area contributed by atoms with Crippen molar-refractivity contribution in [3.63, 3.8) is 0 Å². The monoisotopic (exact) mass is 497 g/mol. The van der Waals surface area contributed by atoms with E-state index < -0.39 is 0 Å². The van der Waals surface area contributed by atoms with E-state index >= 15 is 0 Å². The first kappa shape index (κ1) is 23.0. The lowest BCUT2D eigenvalue weighted by atomic mass is 10.1. The lowest BCUT2D eigenvalue weighted by molar-refractivity contribution is 0.475. The van der Waals surface area contributed by atoms with Crippen LogP contribution in [-0.4, -0.2) is 25.4 Å². The van der Waals surface area contributed by atoms with Crippen LogP contribution in [0.2, 0.25) is 0 Å². The number of nitrogens with zero attached hydrogens (tertiary/aromatic N) is 5. The first-order valence-corrected chi connectivity index (χ1v) is 12.1. The van der Waals surface area contributed by atoms with E-state index in [-0.39, 0.29) is 11.5 Å². The van der Waals surface area contributed by atoms with Crippen molar-refractivity contribution in [1.82, 2.24) is 15.2 Å². The number of aromatic nitrogens is 3. The third-order valence-corrected chi connectivity index (χ3v) is 6.19. The zero-order chi connectivity index (χ0) is 25.9. The topological polar surface area (TPSA) is 85.6 Å². The van der Waals surface area contributed by atoms with Crippen molar-refractivity contribution in [3.05, 3.63) is 138 Å². The molecule has 38 heavy (non-hydrogen) atoms.